The molecule has 0 aliphatic carbocycles. The number of pyridine rings is 1. The number of nitrogens with zero attached hydrogens (tertiary/aromatic N) is 3. The van der Waals surface area contributed by atoms with Gasteiger partial charge in [-0.05, 0) is 24.3 Å². The van der Waals surface area contributed by atoms with Crippen LogP contribution in [0, 0.1) is 17.1 Å². The number of hydrogen-bond acceptors (Lipinski definition) is 4. The van der Waals surface area contributed by atoms with Crippen molar-refractivity contribution in [3.05, 3.63) is 48.0 Å². The molecule has 6 heteroatoms. The summed E-state index contributed by atoms with van der Waals surface area (Å²) < 4.78 is 19.8. The summed E-state index contributed by atoms with van der Waals surface area (Å²) in [5.74, 6) is -0.355. The molecule has 1 aliphatic heterocycles. The van der Waals surface area contributed by atoms with Crippen molar-refractivity contribution in [1.82, 2.24) is 9.97 Å². The van der Waals surface area contributed by atoms with Gasteiger partial charge in [0.15, 0.2) is 0 Å². The highest BCUT2D eigenvalue weighted by atomic mass is 19.1. The van der Waals surface area contributed by atoms with Crippen molar-refractivity contribution >= 4 is 16.7 Å². The number of hydrogen-bond donors (Lipinski definition) is 1. The van der Waals surface area contributed by atoms with E-state index in [4.69, 9.17) is 10.00 Å². The van der Waals surface area contributed by atoms with Crippen molar-refractivity contribution in [3.8, 4) is 17.2 Å². The number of anilines is 1. The Morgan fingerprint density at radius 2 is 2.04 bits per heavy atom. The molecule has 0 atom stereocenters. The molecule has 2 aromatic heterocycles. The second-order valence-corrected chi connectivity index (χ2v) is 5.66. The fourth-order valence-electron chi connectivity index (χ4n) is 3.12. The Labute approximate surface area is 138 Å². The zero-order chi connectivity index (χ0) is 16.5. The SMILES string of the molecule is N#Cc1ccc(F)c(-c2c[nH]c3nccc(N4CCOCC4)c23)c1. The predicted octanol–water partition coefficient (Wildman–Crippen LogP) is 3.08. The average Bonchev–Trinajstić information content (AvgIpc) is 3.07. The zero-order valence-corrected chi connectivity index (χ0v) is 12.9. The molecule has 1 N–H and O–H groups in total. The molecule has 3 heterocycles. The topological polar surface area (TPSA) is 64.9 Å². The maximum atomic E-state index is 14.4. The summed E-state index contributed by atoms with van der Waals surface area (Å²) in [6.45, 7) is 2.90. The first-order chi connectivity index (χ1) is 11.8. The minimum absolute atomic E-state index is 0.355. The summed E-state index contributed by atoms with van der Waals surface area (Å²) in [7, 11) is 0. The molecule has 0 bridgehead atoms. The molecule has 120 valence electrons. The second kappa shape index (κ2) is 5.95. The van der Waals surface area contributed by atoms with E-state index in [2.05, 4.69) is 20.9 Å². The third-order valence-electron chi connectivity index (χ3n) is 4.29. The quantitative estimate of drug-likeness (QED) is 0.787. The summed E-state index contributed by atoms with van der Waals surface area (Å²) in [4.78, 5) is 9.69. The fourth-order valence-corrected chi connectivity index (χ4v) is 3.12. The lowest BCUT2D eigenvalue weighted by atomic mass is 10.0. The lowest BCUT2D eigenvalue weighted by Gasteiger charge is -2.29. The van der Waals surface area contributed by atoms with Crippen LogP contribution < -0.4 is 4.90 Å². The van der Waals surface area contributed by atoms with E-state index in [1.807, 2.05) is 6.07 Å². The molecular formula is C18H15FN4O. The van der Waals surface area contributed by atoms with Gasteiger partial charge in [0.25, 0.3) is 0 Å². The van der Waals surface area contributed by atoms with Crippen LogP contribution in [0.5, 0.6) is 0 Å². The monoisotopic (exact) mass is 322 g/mol. The number of halogens is 1. The van der Waals surface area contributed by atoms with Crippen LogP contribution in [0.15, 0.2) is 36.7 Å². The van der Waals surface area contributed by atoms with Crippen molar-refractivity contribution in [2.24, 2.45) is 0 Å². The van der Waals surface area contributed by atoms with Gasteiger partial charge in [-0.3, -0.25) is 0 Å². The normalized spacial score (nSPS) is 14.8. The Bertz CT molecular complexity index is 938. The van der Waals surface area contributed by atoms with Crippen LogP contribution in [0.25, 0.3) is 22.2 Å². The second-order valence-electron chi connectivity index (χ2n) is 5.66. The molecule has 0 radical (unpaired) electrons. The Hall–Kier alpha value is -2.91. The largest absolute Gasteiger partial charge is 0.378 e. The van der Waals surface area contributed by atoms with Crippen LogP contribution in [0.2, 0.25) is 0 Å². The van der Waals surface area contributed by atoms with Crippen molar-refractivity contribution in [2.75, 3.05) is 31.2 Å². The molecule has 1 saturated heterocycles. The molecule has 3 aromatic rings. The molecular weight excluding hydrogens is 307 g/mol. The van der Waals surface area contributed by atoms with Gasteiger partial charge in [-0.25, -0.2) is 9.37 Å². The summed E-state index contributed by atoms with van der Waals surface area (Å²) in [5, 5.41) is 9.98. The fraction of sp³-hybridized carbons (Fsp3) is 0.222. The smallest absolute Gasteiger partial charge is 0.139 e. The van der Waals surface area contributed by atoms with Crippen molar-refractivity contribution in [1.29, 1.82) is 5.26 Å². The first-order valence-electron chi connectivity index (χ1n) is 7.77. The van der Waals surface area contributed by atoms with Gasteiger partial charge in [0.1, 0.15) is 11.5 Å². The van der Waals surface area contributed by atoms with Gasteiger partial charge in [0, 0.05) is 42.0 Å². The minimum atomic E-state index is -0.355. The number of aromatic amines is 1. The standard InChI is InChI=1S/C18H15FN4O/c19-15-2-1-12(10-20)9-13(15)14-11-22-18-17(14)16(3-4-21-18)23-5-7-24-8-6-23/h1-4,9,11H,5-8H2,(H,21,22). The van der Waals surface area contributed by atoms with Gasteiger partial charge >= 0.3 is 0 Å². The number of morpholine rings is 1. The molecule has 1 aromatic carbocycles. The average molecular weight is 322 g/mol. The molecule has 1 aliphatic rings. The van der Waals surface area contributed by atoms with Crippen LogP contribution in [-0.2, 0) is 4.74 Å². The first-order valence-corrected chi connectivity index (χ1v) is 7.77. The van der Waals surface area contributed by atoms with Gasteiger partial charge in [-0.15, -0.1) is 0 Å². The minimum Gasteiger partial charge on any atom is -0.378 e. The molecule has 1 fully saturated rings. The van der Waals surface area contributed by atoms with E-state index in [0.717, 1.165) is 24.2 Å². The molecule has 0 unspecified atom stereocenters. The predicted molar refractivity (Wildman–Crippen MR) is 89.2 cm³/mol. The Balaban J connectivity index is 1.92. The molecule has 4 rings (SSSR count). The van der Waals surface area contributed by atoms with E-state index in [9.17, 15) is 4.39 Å². The van der Waals surface area contributed by atoms with Gasteiger partial charge in [-0.2, -0.15) is 5.26 Å². The molecule has 0 amide bonds. The summed E-state index contributed by atoms with van der Waals surface area (Å²) in [6.07, 6.45) is 3.50. The lowest BCUT2D eigenvalue weighted by Crippen LogP contribution is -2.36. The van der Waals surface area contributed by atoms with Crippen molar-refractivity contribution < 1.29 is 9.13 Å². The number of nitrogens with one attached hydrogen (secondary N) is 1. The van der Waals surface area contributed by atoms with Crippen LogP contribution in [0.4, 0.5) is 10.1 Å². The number of rotatable bonds is 2. The zero-order valence-electron chi connectivity index (χ0n) is 12.9. The van der Waals surface area contributed by atoms with Gasteiger partial charge < -0.3 is 14.6 Å². The van der Waals surface area contributed by atoms with E-state index < -0.39 is 0 Å². The summed E-state index contributed by atoms with van der Waals surface area (Å²) >= 11 is 0. The molecule has 0 saturated carbocycles. The van der Waals surface area contributed by atoms with E-state index in [0.29, 0.717) is 35.6 Å². The van der Waals surface area contributed by atoms with Crippen molar-refractivity contribution in [3.63, 3.8) is 0 Å². The van der Waals surface area contributed by atoms with E-state index in [-0.39, 0.29) is 5.82 Å². The van der Waals surface area contributed by atoms with E-state index in [1.165, 1.54) is 12.1 Å². The Morgan fingerprint density at radius 1 is 1.21 bits per heavy atom. The summed E-state index contributed by atoms with van der Waals surface area (Å²) in [5.41, 5.74) is 3.26. The van der Waals surface area contributed by atoms with Crippen LogP contribution in [0.1, 0.15) is 5.56 Å². The maximum absolute atomic E-state index is 14.4. The molecule has 0 spiro atoms. The number of nitriles is 1. The Morgan fingerprint density at radius 3 is 2.83 bits per heavy atom. The first kappa shape index (κ1) is 14.7. The number of benzene rings is 1. The van der Waals surface area contributed by atoms with E-state index >= 15 is 0 Å². The number of H-pyrrole nitrogens is 1. The Kier molecular flexibility index (Phi) is 3.63. The number of aromatic nitrogens is 2. The van der Waals surface area contributed by atoms with Crippen LogP contribution >= 0.6 is 0 Å². The number of ether oxygens (including phenoxy) is 1. The van der Waals surface area contributed by atoms with Crippen molar-refractivity contribution in [2.45, 2.75) is 0 Å². The van der Waals surface area contributed by atoms with E-state index in [1.54, 1.807) is 18.5 Å². The van der Waals surface area contributed by atoms with Gasteiger partial charge in [0.2, 0.25) is 0 Å². The molecule has 5 nitrogen and oxygen atoms in total. The highest BCUT2D eigenvalue weighted by Gasteiger charge is 2.19. The molecule has 24 heavy (non-hydrogen) atoms. The third-order valence-corrected chi connectivity index (χ3v) is 4.29. The third kappa shape index (κ3) is 2.39. The highest BCUT2D eigenvalue weighted by molar-refractivity contribution is 6.02. The van der Waals surface area contributed by atoms with Gasteiger partial charge in [0.05, 0.1) is 30.5 Å². The lowest BCUT2D eigenvalue weighted by molar-refractivity contribution is 0.123. The highest BCUT2D eigenvalue weighted by Crippen LogP contribution is 2.36. The van der Waals surface area contributed by atoms with Crippen LogP contribution in [0.3, 0.4) is 0 Å². The number of fused-ring (bicyclic) bond motifs is 1. The van der Waals surface area contributed by atoms with Gasteiger partial charge in [-0.1, -0.05) is 0 Å². The maximum Gasteiger partial charge on any atom is 0.139 e. The van der Waals surface area contributed by atoms with Crippen LogP contribution in [-0.4, -0.2) is 36.3 Å². The summed E-state index contributed by atoms with van der Waals surface area (Å²) in [6, 6.07) is 8.39.